The lowest BCUT2D eigenvalue weighted by atomic mass is 10.0. The van der Waals surface area contributed by atoms with E-state index in [1.807, 2.05) is 0 Å². The summed E-state index contributed by atoms with van der Waals surface area (Å²) in [5.41, 5.74) is -0.844. The first-order valence-electron chi connectivity index (χ1n) is 9.59. The van der Waals surface area contributed by atoms with E-state index in [1.165, 1.54) is 30.3 Å². The maximum atomic E-state index is 13.7. The molecule has 0 bridgehead atoms. The number of para-hydroxylation sites is 1. The third kappa shape index (κ3) is 4.57. The van der Waals surface area contributed by atoms with Crippen molar-refractivity contribution in [3.05, 3.63) is 102 Å². The van der Waals surface area contributed by atoms with Gasteiger partial charge >= 0.3 is 6.18 Å². The van der Waals surface area contributed by atoms with Gasteiger partial charge in [0.05, 0.1) is 0 Å². The van der Waals surface area contributed by atoms with E-state index in [4.69, 9.17) is 0 Å². The van der Waals surface area contributed by atoms with E-state index in [0.717, 1.165) is 24.5 Å². The summed E-state index contributed by atoms with van der Waals surface area (Å²) in [4.78, 5) is 20.3. The highest BCUT2D eigenvalue weighted by Gasteiger charge is 2.37. The van der Waals surface area contributed by atoms with Crippen molar-refractivity contribution < 1.29 is 26.7 Å². The molecule has 1 aromatic heterocycles. The van der Waals surface area contributed by atoms with Crippen LogP contribution in [0.2, 0.25) is 0 Å². The molecular formula is C24H14F5N3O. The third-order valence-corrected chi connectivity index (χ3v) is 4.80. The average molecular weight is 455 g/mol. The minimum atomic E-state index is -4.77. The topological polar surface area (TPSA) is 54.9 Å². The van der Waals surface area contributed by atoms with Gasteiger partial charge in [-0.2, -0.15) is 13.2 Å². The van der Waals surface area contributed by atoms with Gasteiger partial charge in [0.2, 0.25) is 0 Å². The van der Waals surface area contributed by atoms with Crippen LogP contribution in [0.3, 0.4) is 0 Å². The lowest BCUT2D eigenvalue weighted by molar-refractivity contribution is -0.140. The van der Waals surface area contributed by atoms with Crippen LogP contribution in [0.4, 0.5) is 27.6 Å². The number of halogens is 5. The van der Waals surface area contributed by atoms with Gasteiger partial charge < -0.3 is 5.32 Å². The van der Waals surface area contributed by atoms with Crippen molar-refractivity contribution in [1.82, 2.24) is 9.97 Å². The van der Waals surface area contributed by atoms with Crippen LogP contribution in [0.1, 0.15) is 16.1 Å². The number of rotatable bonds is 4. The molecule has 0 unspecified atom stereocenters. The molecule has 33 heavy (non-hydrogen) atoms. The first-order valence-corrected chi connectivity index (χ1v) is 9.59. The molecule has 0 aliphatic carbocycles. The normalized spacial score (nSPS) is 11.3. The summed E-state index contributed by atoms with van der Waals surface area (Å²) < 4.78 is 67.4. The van der Waals surface area contributed by atoms with Crippen molar-refractivity contribution >= 4 is 11.6 Å². The summed E-state index contributed by atoms with van der Waals surface area (Å²) >= 11 is 0. The largest absolute Gasteiger partial charge is 0.435 e. The Hall–Kier alpha value is -4.14. The Morgan fingerprint density at radius 1 is 0.788 bits per heavy atom. The number of aromatic nitrogens is 2. The Balaban J connectivity index is 1.74. The predicted molar refractivity (Wildman–Crippen MR) is 112 cm³/mol. The molecular weight excluding hydrogens is 441 g/mol. The maximum absolute atomic E-state index is 13.7. The predicted octanol–water partition coefficient (Wildman–Crippen LogP) is 6.36. The van der Waals surface area contributed by atoms with Gasteiger partial charge in [-0.25, -0.2) is 13.8 Å². The summed E-state index contributed by atoms with van der Waals surface area (Å²) in [7, 11) is 0. The highest BCUT2D eigenvalue weighted by Crippen LogP contribution is 2.36. The molecule has 166 valence electrons. The van der Waals surface area contributed by atoms with E-state index < -0.39 is 35.1 Å². The van der Waals surface area contributed by atoms with Gasteiger partial charge in [-0.3, -0.25) is 9.78 Å². The highest BCUT2D eigenvalue weighted by atomic mass is 19.4. The van der Waals surface area contributed by atoms with E-state index in [0.29, 0.717) is 11.1 Å². The monoisotopic (exact) mass is 455 g/mol. The molecule has 9 heteroatoms. The highest BCUT2D eigenvalue weighted by molar-refractivity contribution is 6.10. The van der Waals surface area contributed by atoms with Crippen LogP contribution < -0.4 is 5.32 Å². The number of nitrogens with zero attached hydrogens (tertiary/aromatic N) is 2. The fourth-order valence-corrected chi connectivity index (χ4v) is 3.33. The van der Waals surface area contributed by atoms with Crippen molar-refractivity contribution in [2.24, 2.45) is 0 Å². The Bertz CT molecular complexity index is 1340. The van der Waals surface area contributed by atoms with Crippen molar-refractivity contribution in [3.8, 4) is 22.4 Å². The SMILES string of the molecule is O=C(Nc1ccccc1-c1ccc(F)c(F)c1)c1ccccc1-c1nccnc1C(F)(F)F. The van der Waals surface area contributed by atoms with Crippen molar-refractivity contribution in [2.45, 2.75) is 6.18 Å². The Labute approximate surface area is 184 Å². The molecule has 0 aliphatic heterocycles. The standard InChI is InChI=1S/C24H14F5N3O/c25-18-10-9-14(13-19(18)26)15-5-3-4-8-20(15)32-23(33)17-7-2-1-6-16(17)21-22(24(27,28)29)31-12-11-30-21/h1-13H,(H,32,33). The second-order valence-corrected chi connectivity index (χ2v) is 6.93. The lowest BCUT2D eigenvalue weighted by Gasteiger charge is -2.15. The fourth-order valence-electron chi connectivity index (χ4n) is 3.33. The summed E-state index contributed by atoms with van der Waals surface area (Å²) in [5.74, 6) is -2.78. The molecule has 4 rings (SSSR count). The Morgan fingerprint density at radius 2 is 1.45 bits per heavy atom. The quantitative estimate of drug-likeness (QED) is 0.365. The molecule has 1 amide bonds. The Kier molecular flexibility index (Phi) is 5.87. The smallest absolute Gasteiger partial charge is 0.321 e. The van der Waals surface area contributed by atoms with Gasteiger partial charge in [0.25, 0.3) is 5.91 Å². The molecule has 0 spiro atoms. The second kappa shape index (κ2) is 8.78. The average Bonchev–Trinajstić information content (AvgIpc) is 2.81. The summed E-state index contributed by atoms with van der Waals surface area (Å²) in [6.45, 7) is 0. The minimum absolute atomic E-state index is 0.0549. The van der Waals surface area contributed by atoms with Crippen LogP contribution in [-0.4, -0.2) is 15.9 Å². The molecule has 0 saturated carbocycles. The number of hydrogen-bond acceptors (Lipinski definition) is 3. The molecule has 4 aromatic rings. The van der Waals surface area contributed by atoms with E-state index in [-0.39, 0.29) is 16.8 Å². The van der Waals surface area contributed by atoms with Crippen LogP contribution in [0.25, 0.3) is 22.4 Å². The second-order valence-electron chi connectivity index (χ2n) is 6.93. The van der Waals surface area contributed by atoms with Crippen LogP contribution in [-0.2, 0) is 6.18 Å². The molecule has 3 aromatic carbocycles. The van der Waals surface area contributed by atoms with Crippen LogP contribution in [0.15, 0.2) is 79.1 Å². The zero-order valence-electron chi connectivity index (χ0n) is 16.7. The number of amides is 1. The minimum Gasteiger partial charge on any atom is -0.321 e. The van der Waals surface area contributed by atoms with Gasteiger partial charge in [0.1, 0.15) is 5.69 Å². The first kappa shape index (κ1) is 22.1. The lowest BCUT2D eigenvalue weighted by Crippen LogP contribution is -2.16. The molecule has 0 radical (unpaired) electrons. The number of carbonyl (C=O) groups is 1. The van der Waals surface area contributed by atoms with Gasteiger partial charge in [-0.05, 0) is 29.8 Å². The fraction of sp³-hybridized carbons (Fsp3) is 0.0417. The Morgan fingerprint density at radius 3 is 2.18 bits per heavy atom. The summed E-state index contributed by atoms with van der Waals surface area (Å²) in [6.07, 6.45) is -2.74. The molecule has 0 aliphatic rings. The zero-order chi connectivity index (χ0) is 23.6. The molecule has 0 fully saturated rings. The number of nitrogens with one attached hydrogen (secondary N) is 1. The number of alkyl halides is 3. The zero-order valence-corrected chi connectivity index (χ0v) is 16.7. The molecule has 0 saturated heterocycles. The number of hydrogen-bond donors (Lipinski definition) is 1. The molecule has 1 heterocycles. The van der Waals surface area contributed by atoms with Gasteiger partial charge in [-0.15, -0.1) is 0 Å². The van der Waals surface area contributed by atoms with E-state index in [1.54, 1.807) is 24.3 Å². The summed E-state index contributed by atoms with van der Waals surface area (Å²) in [5, 5.41) is 2.64. The van der Waals surface area contributed by atoms with E-state index >= 15 is 0 Å². The number of anilines is 1. The molecule has 1 N–H and O–H groups in total. The van der Waals surface area contributed by atoms with Crippen LogP contribution in [0, 0.1) is 11.6 Å². The van der Waals surface area contributed by atoms with Gasteiger partial charge in [0, 0.05) is 34.8 Å². The van der Waals surface area contributed by atoms with Crippen LogP contribution >= 0.6 is 0 Å². The van der Waals surface area contributed by atoms with E-state index in [9.17, 15) is 26.7 Å². The maximum Gasteiger partial charge on any atom is 0.435 e. The van der Waals surface area contributed by atoms with Crippen molar-refractivity contribution in [1.29, 1.82) is 0 Å². The first-order chi connectivity index (χ1) is 15.8. The molecule has 0 atom stereocenters. The molecule has 4 nitrogen and oxygen atoms in total. The van der Waals surface area contributed by atoms with E-state index in [2.05, 4.69) is 15.3 Å². The van der Waals surface area contributed by atoms with Crippen molar-refractivity contribution in [3.63, 3.8) is 0 Å². The van der Waals surface area contributed by atoms with Crippen LogP contribution in [0.5, 0.6) is 0 Å². The third-order valence-electron chi connectivity index (χ3n) is 4.80. The van der Waals surface area contributed by atoms with Gasteiger partial charge in [0.15, 0.2) is 17.3 Å². The number of benzene rings is 3. The summed E-state index contributed by atoms with van der Waals surface area (Å²) in [6, 6.07) is 15.4. The van der Waals surface area contributed by atoms with Gasteiger partial charge in [-0.1, -0.05) is 42.5 Å². The number of carbonyl (C=O) groups excluding carboxylic acids is 1. The van der Waals surface area contributed by atoms with Crippen molar-refractivity contribution in [2.75, 3.05) is 5.32 Å².